The van der Waals surface area contributed by atoms with Crippen LogP contribution in [0.5, 0.6) is 0 Å². The van der Waals surface area contributed by atoms with Crippen LogP contribution >= 0.6 is 0 Å². The van der Waals surface area contributed by atoms with Gasteiger partial charge in [0.25, 0.3) is 10.1 Å². The monoisotopic (exact) mass is 218 g/mol. The minimum atomic E-state index is -4.28. The third-order valence-electron chi connectivity index (χ3n) is 4.23. The van der Waals surface area contributed by atoms with E-state index in [1.165, 1.54) is 0 Å². The van der Waals surface area contributed by atoms with Gasteiger partial charge >= 0.3 is 0 Å². The standard InChI is InChI=1S/C9H14O4S/c1-8(2)6-3-4-9(8,7(10)5-6)14(11,12)13/h6H,3-5H2,1-2H3,(H,11,12,13)/t6?,9-/m0/s1. The van der Waals surface area contributed by atoms with Crippen molar-refractivity contribution in [1.82, 2.24) is 0 Å². The van der Waals surface area contributed by atoms with E-state index in [-0.39, 0.29) is 18.1 Å². The quantitative estimate of drug-likeness (QED) is 0.667. The number of carbonyl (C=O) groups excluding carboxylic acids is 1. The molecule has 80 valence electrons. The molecule has 14 heavy (non-hydrogen) atoms. The summed E-state index contributed by atoms with van der Waals surface area (Å²) in [7, 11) is -4.28. The first-order valence-electron chi connectivity index (χ1n) is 4.74. The Morgan fingerprint density at radius 2 is 2.00 bits per heavy atom. The summed E-state index contributed by atoms with van der Waals surface area (Å²) in [4.78, 5) is 11.7. The molecule has 0 aromatic heterocycles. The van der Waals surface area contributed by atoms with Gasteiger partial charge in [-0.3, -0.25) is 9.35 Å². The van der Waals surface area contributed by atoms with Crippen molar-refractivity contribution in [2.75, 3.05) is 0 Å². The third kappa shape index (κ3) is 0.827. The zero-order chi connectivity index (χ0) is 10.8. The van der Waals surface area contributed by atoms with Crippen LogP contribution in [0.4, 0.5) is 0 Å². The Bertz CT molecular complexity index is 395. The van der Waals surface area contributed by atoms with Crippen molar-refractivity contribution >= 4 is 15.9 Å². The number of hydrogen-bond acceptors (Lipinski definition) is 3. The molecule has 4 nitrogen and oxygen atoms in total. The van der Waals surface area contributed by atoms with Crippen molar-refractivity contribution in [1.29, 1.82) is 0 Å². The van der Waals surface area contributed by atoms with Crippen LogP contribution in [-0.4, -0.2) is 23.5 Å². The first-order valence-corrected chi connectivity index (χ1v) is 6.18. The molecule has 0 aromatic carbocycles. The molecule has 0 amide bonds. The molecule has 2 bridgehead atoms. The molecular weight excluding hydrogens is 204 g/mol. The van der Waals surface area contributed by atoms with E-state index < -0.39 is 20.3 Å². The summed E-state index contributed by atoms with van der Waals surface area (Å²) >= 11 is 0. The Labute approximate surface area is 83.4 Å². The van der Waals surface area contributed by atoms with Crippen LogP contribution in [0.15, 0.2) is 0 Å². The number of hydrogen-bond donors (Lipinski definition) is 1. The van der Waals surface area contributed by atoms with Crippen LogP contribution in [-0.2, 0) is 14.9 Å². The Morgan fingerprint density at radius 1 is 1.43 bits per heavy atom. The Kier molecular flexibility index (Phi) is 1.72. The lowest BCUT2D eigenvalue weighted by molar-refractivity contribution is -0.121. The highest BCUT2D eigenvalue weighted by Crippen LogP contribution is 2.61. The zero-order valence-corrected chi connectivity index (χ0v) is 9.10. The minimum Gasteiger partial charge on any atom is -0.298 e. The molecule has 0 spiro atoms. The van der Waals surface area contributed by atoms with Crippen LogP contribution < -0.4 is 0 Å². The summed E-state index contributed by atoms with van der Waals surface area (Å²) < 4.78 is 30.5. The second-order valence-corrected chi connectivity index (χ2v) is 6.53. The number of Topliss-reactive ketones (excluding diaryl/α,β-unsaturated/α-hetero) is 1. The van der Waals surface area contributed by atoms with Crippen LogP contribution in [0.25, 0.3) is 0 Å². The van der Waals surface area contributed by atoms with Crippen molar-refractivity contribution in [3.8, 4) is 0 Å². The molecule has 2 fully saturated rings. The Balaban J connectivity index is 2.68. The summed E-state index contributed by atoms with van der Waals surface area (Å²) in [6, 6.07) is 0. The Hall–Kier alpha value is -0.420. The minimum absolute atomic E-state index is 0.108. The topological polar surface area (TPSA) is 71.4 Å². The molecule has 0 aromatic rings. The van der Waals surface area contributed by atoms with Crippen LogP contribution in [0.2, 0.25) is 0 Å². The summed E-state index contributed by atoms with van der Waals surface area (Å²) in [5, 5.41) is 0. The molecule has 1 N–H and O–H groups in total. The normalized spacial score (nSPS) is 40.5. The molecular formula is C9H14O4S. The smallest absolute Gasteiger partial charge is 0.278 e. The highest BCUT2D eigenvalue weighted by Gasteiger charge is 2.70. The fraction of sp³-hybridized carbons (Fsp3) is 0.889. The second kappa shape index (κ2) is 2.39. The van der Waals surface area contributed by atoms with E-state index in [9.17, 15) is 17.8 Å². The summed E-state index contributed by atoms with van der Waals surface area (Å²) in [5.74, 6) is -0.196. The summed E-state index contributed by atoms with van der Waals surface area (Å²) in [5.41, 5.74) is -0.613. The molecule has 2 rings (SSSR count). The van der Waals surface area contributed by atoms with Gasteiger partial charge in [-0.1, -0.05) is 13.8 Å². The zero-order valence-electron chi connectivity index (χ0n) is 8.28. The van der Waals surface area contributed by atoms with Crippen molar-refractivity contribution in [2.24, 2.45) is 11.3 Å². The van der Waals surface area contributed by atoms with Crippen molar-refractivity contribution in [3.05, 3.63) is 0 Å². The van der Waals surface area contributed by atoms with E-state index in [0.29, 0.717) is 6.42 Å². The fourth-order valence-electron chi connectivity index (χ4n) is 3.24. The van der Waals surface area contributed by atoms with Gasteiger partial charge in [-0.15, -0.1) is 0 Å². The maximum atomic E-state index is 11.7. The fourth-order valence-corrected chi connectivity index (χ4v) is 4.82. The van der Waals surface area contributed by atoms with Crippen molar-refractivity contribution in [3.63, 3.8) is 0 Å². The first kappa shape index (κ1) is 10.1. The molecule has 0 aliphatic heterocycles. The largest absolute Gasteiger partial charge is 0.298 e. The van der Waals surface area contributed by atoms with E-state index in [4.69, 9.17) is 0 Å². The molecule has 0 radical (unpaired) electrons. The predicted octanol–water partition coefficient (Wildman–Crippen LogP) is 1.02. The maximum Gasteiger partial charge on any atom is 0.278 e. The van der Waals surface area contributed by atoms with Gasteiger partial charge in [-0.05, 0) is 24.2 Å². The number of rotatable bonds is 1. The summed E-state index contributed by atoms with van der Waals surface area (Å²) in [6.45, 7) is 3.53. The predicted molar refractivity (Wildman–Crippen MR) is 50.4 cm³/mol. The second-order valence-electron chi connectivity index (χ2n) is 4.89. The van der Waals surface area contributed by atoms with Crippen molar-refractivity contribution < 1.29 is 17.8 Å². The lowest BCUT2D eigenvalue weighted by Gasteiger charge is -2.32. The molecule has 1 unspecified atom stereocenters. The molecule has 5 heteroatoms. The first-order chi connectivity index (χ1) is 6.23. The molecule has 2 aliphatic carbocycles. The average Bonchev–Trinajstić information content (AvgIpc) is 2.34. The van der Waals surface area contributed by atoms with Gasteiger partial charge in [0.2, 0.25) is 0 Å². The third-order valence-corrected chi connectivity index (χ3v) is 6.07. The van der Waals surface area contributed by atoms with E-state index in [0.717, 1.165) is 6.42 Å². The van der Waals surface area contributed by atoms with Gasteiger partial charge in [0, 0.05) is 6.42 Å². The maximum absolute atomic E-state index is 11.7. The van der Waals surface area contributed by atoms with Gasteiger partial charge in [-0.25, -0.2) is 0 Å². The summed E-state index contributed by atoms with van der Waals surface area (Å²) in [6.07, 6.45) is 1.30. The van der Waals surface area contributed by atoms with Gasteiger partial charge in [0.15, 0.2) is 10.5 Å². The van der Waals surface area contributed by atoms with E-state index >= 15 is 0 Å². The number of carbonyl (C=O) groups is 1. The van der Waals surface area contributed by atoms with E-state index in [1.807, 2.05) is 0 Å². The lowest BCUT2D eigenvalue weighted by atomic mass is 9.81. The van der Waals surface area contributed by atoms with Gasteiger partial charge in [0.1, 0.15) is 0 Å². The average molecular weight is 218 g/mol. The van der Waals surface area contributed by atoms with Crippen LogP contribution in [0.1, 0.15) is 33.1 Å². The lowest BCUT2D eigenvalue weighted by Crippen LogP contribution is -2.50. The van der Waals surface area contributed by atoms with Crippen LogP contribution in [0, 0.1) is 11.3 Å². The molecule has 2 atom stereocenters. The molecule has 0 saturated heterocycles. The number of ketones is 1. The SMILES string of the molecule is CC1(C)C2CC[C@]1(S(=O)(=O)O)C(=O)C2. The molecule has 0 heterocycles. The molecule has 2 aliphatic rings. The van der Waals surface area contributed by atoms with Gasteiger partial charge in [-0.2, -0.15) is 8.42 Å². The molecule has 2 saturated carbocycles. The number of fused-ring (bicyclic) bond motifs is 2. The van der Waals surface area contributed by atoms with Crippen LogP contribution in [0.3, 0.4) is 0 Å². The highest BCUT2D eigenvalue weighted by molar-refractivity contribution is 7.88. The van der Waals surface area contributed by atoms with Gasteiger partial charge in [0.05, 0.1) is 0 Å². The van der Waals surface area contributed by atoms with E-state index in [2.05, 4.69) is 0 Å². The Morgan fingerprint density at radius 3 is 2.21 bits per heavy atom. The highest BCUT2D eigenvalue weighted by atomic mass is 32.2. The van der Waals surface area contributed by atoms with E-state index in [1.54, 1.807) is 13.8 Å². The van der Waals surface area contributed by atoms with Gasteiger partial charge < -0.3 is 0 Å². The van der Waals surface area contributed by atoms with Crippen molar-refractivity contribution in [2.45, 2.75) is 37.9 Å².